The van der Waals surface area contributed by atoms with E-state index < -0.39 is 0 Å². The van der Waals surface area contributed by atoms with Crippen LogP contribution < -0.4 is 10.5 Å². The molecule has 0 aliphatic carbocycles. The molecule has 0 aliphatic rings. The van der Waals surface area contributed by atoms with E-state index in [9.17, 15) is 4.39 Å². The fourth-order valence-corrected chi connectivity index (χ4v) is 1.67. The molecule has 1 aromatic heterocycles. The van der Waals surface area contributed by atoms with Crippen LogP contribution in [-0.2, 0) is 0 Å². The van der Waals surface area contributed by atoms with Gasteiger partial charge in [0.15, 0.2) is 0 Å². The Labute approximate surface area is 111 Å². The van der Waals surface area contributed by atoms with Gasteiger partial charge in [-0.3, -0.25) is 5.10 Å². The Morgan fingerprint density at radius 1 is 1.42 bits per heavy atom. The van der Waals surface area contributed by atoms with Gasteiger partial charge in [-0.15, -0.1) is 0 Å². The number of ether oxygens (including phenoxy) is 1. The first-order chi connectivity index (χ1) is 9.24. The first-order valence-corrected chi connectivity index (χ1v) is 5.96. The summed E-state index contributed by atoms with van der Waals surface area (Å²) in [4.78, 5) is 0. The molecule has 0 radical (unpaired) electrons. The number of H-pyrrole nitrogens is 1. The van der Waals surface area contributed by atoms with Crippen LogP contribution in [0, 0.1) is 6.92 Å². The topological polar surface area (TPSA) is 63.9 Å². The molecule has 0 fully saturated rings. The Kier molecular flexibility index (Phi) is 4.30. The van der Waals surface area contributed by atoms with Crippen molar-refractivity contribution in [3.8, 4) is 17.0 Å². The molecule has 3 N–H and O–H groups in total. The number of hydrogen-bond donors (Lipinski definition) is 2. The number of halogens is 1. The number of nitrogens with zero attached hydrogens (tertiary/aromatic N) is 1. The summed E-state index contributed by atoms with van der Waals surface area (Å²) in [5, 5.41) is 6.93. The summed E-state index contributed by atoms with van der Waals surface area (Å²) in [7, 11) is 0. The zero-order valence-electron chi connectivity index (χ0n) is 10.7. The molecule has 100 valence electrons. The number of hydrogen-bond acceptors (Lipinski definition) is 3. The smallest absolute Gasteiger partial charge is 0.119 e. The fraction of sp³-hybridized carbons (Fsp3) is 0.214. The van der Waals surface area contributed by atoms with Gasteiger partial charge in [-0.1, -0.05) is 0 Å². The summed E-state index contributed by atoms with van der Waals surface area (Å²) in [6.45, 7) is 2.31. The molecule has 0 amide bonds. The Bertz CT molecular complexity index is 560. The normalized spacial score (nSPS) is 11.6. The highest BCUT2D eigenvalue weighted by Gasteiger charge is 2.04. The highest BCUT2D eigenvalue weighted by atomic mass is 19.1. The lowest BCUT2D eigenvalue weighted by atomic mass is 10.1. The van der Waals surface area contributed by atoms with Crippen LogP contribution in [0.2, 0.25) is 0 Å². The van der Waals surface area contributed by atoms with Gasteiger partial charge in [0.1, 0.15) is 12.4 Å². The molecule has 1 aromatic carbocycles. The molecule has 5 heteroatoms. The Hall–Kier alpha value is -2.14. The van der Waals surface area contributed by atoms with Gasteiger partial charge in [-0.25, -0.2) is 4.39 Å². The lowest BCUT2D eigenvalue weighted by Crippen LogP contribution is -2.10. The van der Waals surface area contributed by atoms with E-state index in [1.807, 2.05) is 31.2 Å². The summed E-state index contributed by atoms with van der Waals surface area (Å²) in [6, 6.07) is 7.53. The van der Waals surface area contributed by atoms with Crippen molar-refractivity contribution in [2.24, 2.45) is 5.73 Å². The monoisotopic (exact) mass is 261 g/mol. The van der Waals surface area contributed by atoms with Gasteiger partial charge in [0, 0.05) is 17.7 Å². The average molecular weight is 261 g/mol. The van der Waals surface area contributed by atoms with Crippen LogP contribution in [0.25, 0.3) is 11.3 Å². The SMILES string of the molecule is Cc1cn[nH]c1-c1ccc(OC/C(=C/F)CN)cc1. The molecule has 0 spiro atoms. The number of nitrogens with two attached hydrogens (primary N) is 1. The maximum atomic E-state index is 12.3. The lowest BCUT2D eigenvalue weighted by Gasteiger charge is -2.08. The number of aryl methyl sites for hydroxylation is 1. The number of benzene rings is 1. The minimum atomic E-state index is 0.155. The van der Waals surface area contributed by atoms with E-state index >= 15 is 0 Å². The molecular weight excluding hydrogens is 245 g/mol. The fourth-order valence-electron chi connectivity index (χ4n) is 1.67. The second-order valence-electron chi connectivity index (χ2n) is 4.21. The molecule has 4 nitrogen and oxygen atoms in total. The molecular formula is C14H16FN3O. The Morgan fingerprint density at radius 2 is 2.16 bits per heavy atom. The number of rotatable bonds is 5. The van der Waals surface area contributed by atoms with Gasteiger partial charge >= 0.3 is 0 Å². The number of nitrogens with one attached hydrogen (secondary N) is 1. The summed E-state index contributed by atoms with van der Waals surface area (Å²) in [5.74, 6) is 0.675. The summed E-state index contributed by atoms with van der Waals surface area (Å²) in [5.41, 5.74) is 8.87. The van der Waals surface area contributed by atoms with Crippen LogP contribution in [0.5, 0.6) is 5.75 Å². The zero-order valence-corrected chi connectivity index (χ0v) is 10.7. The van der Waals surface area contributed by atoms with Crippen molar-refractivity contribution in [1.82, 2.24) is 10.2 Å². The number of aromatic nitrogens is 2. The highest BCUT2D eigenvalue weighted by Crippen LogP contribution is 2.23. The van der Waals surface area contributed by atoms with Gasteiger partial charge in [0.25, 0.3) is 0 Å². The maximum absolute atomic E-state index is 12.3. The van der Waals surface area contributed by atoms with Crippen molar-refractivity contribution in [2.75, 3.05) is 13.2 Å². The second kappa shape index (κ2) is 6.15. The van der Waals surface area contributed by atoms with E-state index in [1.165, 1.54) is 0 Å². The van der Waals surface area contributed by atoms with Gasteiger partial charge in [-0.05, 0) is 36.8 Å². The summed E-state index contributed by atoms with van der Waals surface area (Å²) < 4.78 is 17.8. The summed E-state index contributed by atoms with van der Waals surface area (Å²) >= 11 is 0. The lowest BCUT2D eigenvalue weighted by molar-refractivity contribution is 0.347. The van der Waals surface area contributed by atoms with E-state index in [1.54, 1.807) is 6.20 Å². The van der Waals surface area contributed by atoms with Crippen molar-refractivity contribution in [3.05, 3.63) is 47.9 Å². The minimum absolute atomic E-state index is 0.155. The van der Waals surface area contributed by atoms with Crippen LogP contribution in [0.3, 0.4) is 0 Å². The predicted molar refractivity (Wildman–Crippen MR) is 72.5 cm³/mol. The Morgan fingerprint density at radius 3 is 2.68 bits per heavy atom. The third kappa shape index (κ3) is 3.20. The molecule has 0 unspecified atom stereocenters. The molecule has 0 atom stereocenters. The third-order valence-corrected chi connectivity index (χ3v) is 2.81. The molecule has 0 bridgehead atoms. The molecule has 2 aromatic rings. The van der Waals surface area contributed by atoms with Crippen molar-refractivity contribution in [1.29, 1.82) is 0 Å². The van der Waals surface area contributed by atoms with Crippen LogP contribution in [0.15, 0.2) is 42.4 Å². The van der Waals surface area contributed by atoms with Crippen molar-refractivity contribution < 1.29 is 9.13 Å². The number of aromatic amines is 1. The van der Waals surface area contributed by atoms with E-state index in [2.05, 4.69) is 10.2 Å². The van der Waals surface area contributed by atoms with Crippen LogP contribution in [0.4, 0.5) is 4.39 Å². The zero-order chi connectivity index (χ0) is 13.7. The van der Waals surface area contributed by atoms with Crippen LogP contribution in [0.1, 0.15) is 5.56 Å². The van der Waals surface area contributed by atoms with Crippen molar-refractivity contribution in [3.63, 3.8) is 0 Å². The standard InChI is InChI=1S/C14H16FN3O/c1-10-8-17-18-14(10)12-2-4-13(5-3-12)19-9-11(6-15)7-16/h2-6,8H,7,9,16H2,1H3,(H,17,18)/b11-6+. The molecule has 1 heterocycles. The minimum Gasteiger partial charge on any atom is -0.489 e. The van der Waals surface area contributed by atoms with Gasteiger partial charge in [0.2, 0.25) is 0 Å². The van der Waals surface area contributed by atoms with Gasteiger partial charge in [-0.2, -0.15) is 5.10 Å². The maximum Gasteiger partial charge on any atom is 0.119 e. The first kappa shape index (κ1) is 13.3. The van der Waals surface area contributed by atoms with E-state index in [0.717, 1.165) is 16.8 Å². The van der Waals surface area contributed by atoms with E-state index in [4.69, 9.17) is 10.5 Å². The van der Waals surface area contributed by atoms with E-state index in [0.29, 0.717) is 17.7 Å². The molecule has 0 saturated heterocycles. The van der Waals surface area contributed by atoms with Crippen LogP contribution >= 0.6 is 0 Å². The first-order valence-electron chi connectivity index (χ1n) is 5.96. The van der Waals surface area contributed by atoms with Gasteiger partial charge < -0.3 is 10.5 Å². The van der Waals surface area contributed by atoms with Crippen LogP contribution in [-0.4, -0.2) is 23.3 Å². The van der Waals surface area contributed by atoms with Crippen molar-refractivity contribution in [2.45, 2.75) is 6.92 Å². The third-order valence-electron chi connectivity index (χ3n) is 2.81. The predicted octanol–water partition coefficient (Wildman–Crippen LogP) is 2.58. The molecule has 2 rings (SSSR count). The summed E-state index contributed by atoms with van der Waals surface area (Å²) in [6.07, 6.45) is 2.27. The largest absolute Gasteiger partial charge is 0.489 e. The van der Waals surface area contributed by atoms with E-state index in [-0.39, 0.29) is 13.2 Å². The molecule has 19 heavy (non-hydrogen) atoms. The highest BCUT2D eigenvalue weighted by molar-refractivity contribution is 5.62. The second-order valence-corrected chi connectivity index (χ2v) is 4.21. The van der Waals surface area contributed by atoms with Gasteiger partial charge in [0.05, 0.1) is 18.2 Å². The quantitative estimate of drug-likeness (QED) is 0.869. The molecule has 0 aliphatic heterocycles. The average Bonchev–Trinajstić information content (AvgIpc) is 2.87. The van der Waals surface area contributed by atoms with Crippen molar-refractivity contribution >= 4 is 0 Å². The Balaban J connectivity index is 2.05. The molecule has 0 saturated carbocycles.